The summed E-state index contributed by atoms with van der Waals surface area (Å²) in [6, 6.07) is 5.65. The molecule has 1 saturated heterocycles. The number of benzene rings is 1. The molecular weight excluding hydrogens is 468 g/mol. The number of hydrogen-bond donors (Lipinski definition) is 2. The highest BCUT2D eigenvalue weighted by Gasteiger charge is 2.28. The molecule has 0 radical (unpaired) electrons. The first-order valence-corrected chi connectivity index (χ1v) is 12.9. The summed E-state index contributed by atoms with van der Waals surface area (Å²) >= 11 is 1.14. The maximum atomic E-state index is 13.1. The van der Waals surface area contributed by atoms with Crippen molar-refractivity contribution in [3.05, 3.63) is 24.3 Å². The second kappa shape index (κ2) is 10.6. The van der Waals surface area contributed by atoms with Gasteiger partial charge in [0, 0.05) is 24.7 Å². The predicted octanol–water partition coefficient (Wildman–Crippen LogP) is 1.61. The molecule has 3 rings (SSSR count). The van der Waals surface area contributed by atoms with Gasteiger partial charge in [-0.2, -0.15) is 4.31 Å². The molecule has 2 atom stereocenters. The lowest BCUT2D eigenvalue weighted by Gasteiger charge is -2.26. The standard InChI is InChI=1S/C20H28N6O5S2/c1-4-13(2)26-17(23-24-20(26)32-14(3)18(27)22-19(21)28)15-6-5-7-16(12-15)33(29,30)25-8-10-31-11-9-25/h5-7,12-14H,4,8-11H2,1-3H3,(H3,21,22,27,28)/t13-,14-/m1/s1. The van der Waals surface area contributed by atoms with Crippen molar-refractivity contribution in [2.75, 3.05) is 26.3 Å². The van der Waals surface area contributed by atoms with Crippen molar-refractivity contribution in [1.82, 2.24) is 24.4 Å². The molecule has 1 aliphatic rings. The molecule has 2 heterocycles. The van der Waals surface area contributed by atoms with Crippen molar-refractivity contribution >= 4 is 33.7 Å². The third-order valence-corrected chi connectivity index (χ3v) is 8.25. The second-order valence-corrected chi connectivity index (χ2v) is 10.8. The smallest absolute Gasteiger partial charge is 0.318 e. The van der Waals surface area contributed by atoms with Crippen LogP contribution in [0.15, 0.2) is 34.3 Å². The molecule has 11 nitrogen and oxygen atoms in total. The van der Waals surface area contributed by atoms with E-state index >= 15 is 0 Å². The van der Waals surface area contributed by atoms with Gasteiger partial charge in [-0.15, -0.1) is 10.2 Å². The minimum absolute atomic E-state index is 0.0246. The molecular formula is C20H28N6O5S2. The minimum Gasteiger partial charge on any atom is -0.379 e. The van der Waals surface area contributed by atoms with E-state index in [1.54, 1.807) is 31.2 Å². The highest BCUT2D eigenvalue weighted by atomic mass is 32.2. The van der Waals surface area contributed by atoms with E-state index in [-0.39, 0.29) is 10.9 Å². The number of thioether (sulfide) groups is 1. The normalized spacial score (nSPS) is 16.8. The lowest BCUT2D eigenvalue weighted by Crippen LogP contribution is -2.40. The van der Waals surface area contributed by atoms with Crippen molar-refractivity contribution < 1.29 is 22.7 Å². The number of nitrogens with zero attached hydrogens (tertiary/aromatic N) is 4. The summed E-state index contributed by atoms with van der Waals surface area (Å²) in [7, 11) is -3.67. The number of ether oxygens (including phenoxy) is 1. The fourth-order valence-corrected chi connectivity index (χ4v) is 5.70. The van der Waals surface area contributed by atoms with Crippen LogP contribution in [0.3, 0.4) is 0 Å². The molecule has 13 heteroatoms. The van der Waals surface area contributed by atoms with Crippen LogP contribution in [0, 0.1) is 0 Å². The zero-order chi connectivity index (χ0) is 24.2. The van der Waals surface area contributed by atoms with E-state index in [4.69, 9.17) is 10.5 Å². The molecule has 1 fully saturated rings. The van der Waals surface area contributed by atoms with Gasteiger partial charge in [-0.25, -0.2) is 13.2 Å². The van der Waals surface area contributed by atoms with E-state index in [2.05, 4.69) is 15.5 Å². The van der Waals surface area contributed by atoms with Crippen LogP contribution in [-0.2, 0) is 19.6 Å². The lowest BCUT2D eigenvalue weighted by atomic mass is 10.2. The van der Waals surface area contributed by atoms with Crippen LogP contribution in [-0.4, -0.2) is 71.0 Å². The first-order valence-electron chi connectivity index (χ1n) is 10.5. The number of imide groups is 1. The Kier molecular flexibility index (Phi) is 8.10. The Morgan fingerprint density at radius 1 is 1.24 bits per heavy atom. The monoisotopic (exact) mass is 496 g/mol. The SMILES string of the molecule is CC[C@@H](C)n1c(S[C@H](C)C(=O)NC(N)=O)nnc1-c1cccc(S(=O)(=O)N2CCOCC2)c1. The predicted molar refractivity (Wildman–Crippen MR) is 123 cm³/mol. The van der Waals surface area contributed by atoms with E-state index in [1.165, 1.54) is 4.31 Å². The quantitative estimate of drug-likeness (QED) is 0.524. The van der Waals surface area contributed by atoms with Gasteiger partial charge in [0.1, 0.15) is 0 Å². The molecule has 1 aromatic carbocycles. The largest absolute Gasteiger partial charge is 0.379 e. The zero-order valence-corrected chi connectivity index (χ0v) is 20.4. The number of urea groups is 1. The Balaban J connectivity index is 1.95. The molecule has 0 aliphatic carbocycles. The molecule has 1 aromatic heterocycles. The summed E-state index contributed by atoms with van der Waals surface area (Å²) in [4.78, 5) is 23.3. The number of rotatable bonds is 8. The molecule has 0 bridgehead atoms. The number of primary amides is 1. The topological polar surface area (TPSA) is 150 Å². The number of nitrogens with two attached hydrogens (primary N) is 1. The maximum absolute atomic E-state index is 13.1. The Bertz CT molecular complexity index is 1110. The average molecular weight is 497 g/mol. The van der Waals surface area contributed by atoms with Crippen molar-refractivity contribution in [3.8, 4) is 11.4 Å². The third-order valence-electron chi connectivity index (χ3n) is 5.29. The molecule has 3 N–H and O–H groups in total. The number of nitrogens with one attached hydrogen (secondary N) is 1. The van der Waals surface area contributed by atoms with Crippen LogP contribution in [0.2, 0.25) is 0 Å². The first kappa shape index (κ1) is 25.1. The Hall–Kier alpha value is -2.48. The summed E-state index contributed by atoms with van der Waals surface area (Å²) < 4.78 is 34.8. The van der Waals surface area contributed by atoms with Crippen molar-refractivity contribution in [2.45, 2.75) is 48.5 Å². The number of amides is 3. The van der Waals surface area contributed by atoms with Gasteiger partial charge >= 0.3 is 6.03 Å². The van der Waals surface area contributed by atoms with Crippen LogP contribution in [0.5, 0.6) is 0 Å². The summed E-state index contributed by atoms with van der Waals surface area (Å²) in [6.07, 6.45) is 0.756. The number of aromatic nitrogens is 3. The maximum Gasteiger partial charge on any atom is 0.318 e. The van der Waals surface area contributed by atoms with E-state index in [1.807, 2.05) is 18.4 Å². The van der Waals surface area contributed by atoms with E-state index in [0.29, 0.717) is 42.8 Å². The van der Waals surface area contributed by atoms with Crippen molar-refractivity contribution in [1.29, 1.82) is 0 Å². The highest BCUT2D eigenvalue weighted by molar-refractivity contribution is 8.00. The van der Waals surface area contributed by atoms with Crippen molar-refractivity contribution in [3.63, 3.8) is 0 Å². The Morgan fingerprint density at radius 3 is 2.58 bits per heavy atom. The van der Waals surface area contributed by atoms with Gasteiger partial charge in [0.05, 0.1) is 23.4 Å². The van der Waals surface area contributed by atoms with Crippen LogP contribution >= 0.6 is 11.8 Å². The molecule has 0 unspecified atom stereocenters. The molecule has 3 amide bonds. The van der Waals surface area contributed by atoms with Gasteiger partial charge in [-0.05, 0) is 32.4 Å². The van der Waals surface area contributed by atoms with E-state index in [9.17, 15) is 18.0 Å². The van der Waals surface area contributed by atoms with Gasteiger partial charge in [-0.3, -0.25) is 14.7 Å². The fourth-order valence-electron chi connectivity index (χ4n) is 3.30. The number of carbonyl (C=O) groups excluding carboxylic acids is 2. The number of hydrogen-bond acceptors (Lipinski definition) is 8. The zero-order valence-electron chi connectivity index (χ0n) is 18.7. The van der Waals surface area contributed by atoms with Crippen LogP contribution in [0.25, 0.3) is 11.4 Å². The highest BCUT2D eigenvalue weighted by Crippen LogP contribution is 2.32. The summed E-state index contributed by atoms with van der Waals surface area (Å²) in [5, 5.41) is 10.4. The molecule has 0 saturated carbocycles. The molecule has 180 valence electrons. The molecule has 1 aliphatic heterocycles. The average Bonchev–Trinajstić information content (AvgIpc) is 3.22. The van der Waals surface area contributed by atoms with Gasteiger partial charge in [0.2, 0.25) is 15.9 Å². The second-order valence-electron chi connectivity index (χ2n) is 7.59. The summed E-state index contributed by atoms with van der Waals surface area (Å²) in [5.41, 5.74) is 5.63. The first-order chi connectivity index (χ1) is 15.6. The Labute approximate surface area is 197 Å². The minimum atomic E-state index is -3.67. The van der Waals surface area contributed by atoms with Gasteiger partial charge in [0.25, 0.3) is 0 Å². The summed E-state index contributed by atoms with van der Waals surface area (Å²) in [6.45, 7) is 6.97. The van der Waals surface area contributed by atoms with Crippen LogP contribution in [0.4, 0.5) is 4.79 Å². The van der Waals surface area contributed by atoms with Gasteiger partial charge in [-0.1, -0.05) is 30.8 Å². The lowest BCUT2D eigenvalue weighted by molar-refractivity contribution is -0.119. The molecule has 33 heavy (non-hydrogen) atoms. The number of carbonyl (C=O) groups is 2. The van der Waals surface area contributed by atoms with E-state index in [0.717, 1.165) is 18.2 Å². The molecule has 2 aromatic rings. The van der Waals surface area contributed by atoms with Crippen LogP contribution in [0.1, 0.15) is 33.2 Å². The molecule has 0 spiro atoms. The Morgan fingerprint density at radius 2 is 1.94 bits per heavy atom. The third kappa shape index (κ3) is 5.72. The van der Waals surface area contributed by atoms with Gasteiger partial charge < -0.3 is 10.5 Å². The number of sulfonamides is 1. The van der Waals surface area contributed by atoms with Crippen molar-refractivity contribution in [2.24, 2.45) is 5.73 Å². The van der Waals surface area contributed by atoms with Crippen LogP contribution < -0.4 is 11.1 Å². The van der Waals surface area contributed by atoms with E-state index < -0.39 is 27.2 Å². The summed E-state index contributed by atoms with van der Waals surface area (Å²) in [5.74, 6) is -0.0419. The van der Waals surface area contributed by atoms with Gasteiger partial charge in [0.15, 0.2) is 11.0 Å². The fraction of sp³-hybridized carbons (Fsp3) is 0.500. The number of morpholine rings is 1.